The molecule has 27 heavy (non-hydrogen) atoms. The average molecular weight is 380 g/mol. The Morgan fingerprint density at radius 1 is 1.11 bits per heavy atom. The third-order valence-corrected chi connectivity index (χ3v) is 5.11. The minimum atomic E-state index is -0.295. The molecule has 2 heterocycles. The first-order valence-corrected chi connectivity index (χ1v) is 9.24. The van der Waals surface area contributed by atoms with E-state index in [1.54, 1.807) is 22.9 Å². The Kier molecular flexibility index (Phi) is 4.36. The number of Topliss-reactive ketones (excluding diaryl/α,β-unsaturated/α-hetero) is 1. The second-order valence-corrected chi connectivity index (χ2v) is 7.16. The summed E-state index contributed by atoms with van der Waals surface area (Å²) in [5, 5.41) is 12.4. The Labute approximate surface area is 158 Å². The predicted octanol–water partition coefficient (Wildman–Crippen LogP) is 2.42. The molecule has 0 aliphatic rings. The van der Waals surface area contributed by atoms with E-state index in [0.29, 0.717) is 21.8 Å². The topological polar surface area (TPSA) is 109 Å². The number of fused-ring (bicyclic) bond motifs is 1. The number of thioether (sulfide) groups is 1. The number of benzene rings is 2. The van der Waals surface area contributed by atoms with Crippen LogP contribution >= 0.6 is 11.8 Å². The van der Waals surface area contributed by atoms with Gasteiger partial charge in [0.1, 0.15) is 0 Å². The van der Waals surface area contributed by atoms with E-state index in [-0.39, 0.29) is 17.2 Å². The number of ketones is 1. The third kappa shape index (κ3) is 3.41. The van der Waals surface area contributed by atoms with Crippen LogP contribution in [0.25, 0.3) is 16.7 Å². The highest BCUT2D eigenvalue weighted by Crippen LogP contribution is 2.22. The normalized spacial score (nSPS) is 11.2. The fraction of sp³-hybridized carbons (Fsp3) is 0.167. The van der Waals surface area contributed by atoms with Crippen LogP contribution in [0.2, 0.25) is 0 Å². The van der Waals surface area contributed by atoms with Gasteiger partial charge in [-0.2, -0.15) is 4.68 Å². The van der Waals surface area contributed by atoms with Crippen molar-refractivity contribution in [2.24, 2.45) is 0 Å². The van der Waals surface area contributed by atoms with Gasteiger partial charge in [0.15, 0.2) is 5.78 Å². The van der Waals surface area contributed by atoms with Crippen LogP contribution in [0.4, 0.5) is 0 Å². The maximum atomic E-state index is 12.5. The molecule has 9 heteroatoms. The minimum Gasteiger partial charge on any atom is -0.306 e. The van der Waals surface area contributed by atoms with Crippen molar-refractivity contribution in [3.8, 4) is 5.69 Å². The summed E-state index contributed by atoms with van der Waals surface area (Å²) in [4.78, 5) is 29.2. The molecule has 2 aromatic heterocycles. The number of carbonyl (C=O) groups excluding carboxylic acids is 1. The fourth-order valence-electron chi connectivity index (χ4n) is 2.88. The summed E-state index contributed by atoms with van der Waals surface area (Å²) in [6.45, 7) is 4.02. The molecule has 0 atom stereocenters. The standard InChI is InChI=1S/C18H16N6O2S/c1-10-3-6-15(11(2)7-10)24-18(21-22-23-24)27-9-16(25)12-4-5-13-14(8-12)20-17(26)19-13/h3-8H,9H2,1-2H3,(H2,19,20,26). The largest absolute Gasteiger partial charge is 0.323 e. The van der Waals surface area contributed by atoms with Gasteiger partial charge in [-0.05, 0) is 54.1 Å². The first-order valence-electron chi connectivity index (χ1n) is 8.25. The lowest BCUT2D eigenvalue weighted by Crippen LogP contribution is -2.06. The maximum Gasteiger partial charge on any atom is 0.323 e. The van der Waals surface area contributed by atoms with E-state index in [9.17, 15) is 9.59 Å². The molecule has 136 valence electrons. The zero-order chi connectivity index (χ0) is 19.0. The molecular weight excluding hydrogens is 364 g/mol. The van der Waals surface area contributed by atoms with Crippen molar-refractivity contribution in [1.82, 2.24) is 30.2 Å². The van der Waals surface area contributed by atoms with E-state index in [0.717, 1.165) is 16.8 Å². The van der Waals surface area contributed by atoms with Crippen molar-refractivity contribution >= 4 is 28.6 Å². The molecule has 0 spiro atoms. The molecule has 0 radical (unpaired) electrons. The molecule has 0 saturated heterocycles. The van der Waals surface area contributed by atoms with Crippen molar-refractivity contribution in [3.05, 3.63) is 63.6 Å². The van der Waals surface area contributed by atoms with Crippen LogP contribution in [0, 0.1) is 13.8 Å². The summed E-state index contributed by atoms with van der Waals surface area (Å²) in [5.41, 5.74) is 4.60. The molecule has 4 aromatic rings. The highest BCUT2D eigenvalue weighted by Gasteiger charge is 2.15. The molecule has 0 unspecified atom stereocenters. The quantitative estimate of drug-likeness (QED) is 0.406. The number of H-pyrrole nitrogens is 2. The Morgan fingerprint density at radius 2 is 1.93 bits per heavy atom. The zero-order valence-electron chi connectivity index (χ0n) is 14.7. The van der Waals surface area contributed by atoms with Crippen LogP contribution in [0.5, 0.6) is 0 Å². The van der Waals surface area contributed by atoms with E-state index in [1.165, 1.54) is 11.8 Å². The van der Waals surface area contributed by atoms with E-state index in [2.05, 4.69) is 31.6 Å². The van der Waals surface area contributed by atoms with Crippen LogP contribution in [-0.2, 0) is 0 Å². The van der Waals surface area contributed by atoms with Crippen molar-refractivity contribution in [2.75, 3.05) is 5.75 Å². The minimum absolute atomic E-state index is 0.0703. The number of imidazole rings is 1. The molecule has 0 bridgehead atoms. The van der Waals surface area contributed by atoms with Crippen LogP contribution in [0.15, 0.2) is 46.3 Å². The van der Waals surface area contributed by atoms with Gasteiger partial charge < -0.3 is 9.97 Å². The first-order chi connectivity index (χ1) is 13.0. The van der Waals surface area contributed by atoms with Gasteiger partial charge in [0, 0.05) is 5.56 Å². The lowest BCUT2D eigenvalue weighted by atomic mass is 10.1. The zero-order valence-corrected chi connectivity index (χ0v) is 15.5. The van der Waals surface area contributed by atoms with Crippen LogP contribution in [-0.4, -0.2) is 41.7 Å². The van der Waals surface area contributed by atoms with Crippen molar-refractivity contribution in [1.29, 1.82) is 0 Å². The molecule has 0 aliphatic carbocycles. The van der Waals surface area contributed by atoms with Gasteiger partial charge in [0.2, 0.25) is 5.16 Å². The molecule has 2 aromatic carbocycles. The van der Waals surface area contributed by atoms with E-state index >= 15 is 0 Å². The van der Waals surface area contributed by atoms with Gasteiger partial charge >= 0.3 is 5.69 Å². The third-order valence-electron chi connectivity index (χ3n) is 4.19. The number of aromatic amines is 2. The lowest BCUT2D eigenvalue weighted by Gasteiger charge is -2.08. The number of nitrogens with zero attached hydrogens (tertiary/aromatic N) is 4. The summed E-state index contributed by atoms with van der Waals surface area (Å²) in [7, 11) is 0. The van der Waals surface area contributed by atoms with E-state index in [4.69, 9.17) is 0 Å². The number of hydrogen-bond donors (Lipinski definition) is 2. The number of nitrogens with one attached hydrogen (secondary N) is 2. The van der Waals surface area contributed by atoms with Crippen molar-refractivity contribution in [2.45, 2.75) is 19.0 Å². The fourth-order valence-corrected chi connectivity index (χ4v) is 3.66. The summed E-state index contributed by atoms with van der Waals surface area (Å²) < 4.78 is 1.64. The summed E-state index contributed by atoms with van der Waals surface area (Å²) in [6.07, 6.45) is 0. The Bertz CT molecular complexity index is 1210. The second-order valence-electron chi connectivity index (χ2n) is 6.21. The SMILES string of the molecule is Cc1ccc(-n2nnnc2SCC(=O)c2ccc3[nH]c(=O)[nH]c3c2)c(C)c1. The van der Waals surface area contributed by atoms with Gasteiger partial charge in [-0.1, -0.05) is 29.5 Å². The smallest absolute Gasteiger partial charge is 0.306 e. The van der Waals surface area contributed by atoms with Crippen LogP contribution in [0.3, 0.4) is 0 Å². The lowest BCUT2D eigenvalue weighted by molar-refractivity contribution is 0.102. The summed E-state index contributed by atoms with van der Waals surface area (Å²) in [5.74, 6) is 0.116. The van der Waals surface area contributed by atoms with E-state index < -0.39 is 0 Å². The number of aryl methyl sites for hydroxylation is 2. The van der Waals surface area contributed by atoms with Gasteiger partial charge in [0.25, 0.3) is 0 Å². The predicted molar refractivity (Wildman–Crippen MR) is 103 cm³/mol. The Hall–Kier alpha value is -3.20. The van der Waals surface area contributed by atoms with Crippen LogP contribution < -0.4 is 5.69 Å². The molecule has 8 nitrogen and oxygen atoms in total. The number of tetrazole rings is 1. The molecule has 0 fully saturated rings. The highest BCUT2D eigenvalue weighted by molar-refractivity contribution is 7.99. The average Bonchev–Trinajstić information content (AvgIpc) is 3.24. The van der Waals surface area contributed by atoms with Gasteiger partial charge in [-0.15, -0.1) is 5.10 Å². The molecule has 0 aliphatic heterocycles. The van der Waals surface area contributed by atoms with Crippen LogP contribution in [0.1, 0.15) is 21.5 Å². The van der Waals surface area contributed by atoms with Gasteiger partial charge in [-0.3, -0.25) is 4.79 Å². The Morgan fingerprint density at radius 3 is 2.74 bits per heavy atom. The Balaban J connectivity index is 1.54. The molecule has 0 amide bonds. The van der Waals surface area contributed by atoms with Gasteiger partial charge in [0.05, 0.1) is 22.5 Å². The number of aromatic nitrogens is 6. The monoisotopic (exact) mass is 380 g/mol. The maximum absolute atomic E-state index is 12.5. The molecule has 4 rings (SSSR count). The van der Waals surface area contributed by atoms with E-state index in [1.807, 2.05) is 26.0 Å². The highest BCUT2D eigenvalue weighted by atomic mass is 32.2. The summed E-state index contributed by atoms with van der Waals surface area (Å²) >= 11 is 1.27. The summed E-state index contributed by atoms with van der Waals surface area (Å²) in [6, 6.07) is 11.1. The second kappa shape index (κ2) is 6.84. The molecule has 2 N–H and O–H groups in total. The van der Waals surface area contributed by atoms with Crippen molar-refractivity contribution in [3.63, 3.8) is 0 Å². The van der Waals surface area contributed by atoms with Crippen molar-refractivity contribution < 1.29 is 4.79 Å². The number of rotatable bonds is 5. The molecular formula is C18H16N6O2S. The number of hydrogen-bond acceptors (Lipinski definition) is 6. The molecule has 0 saturated carbocycles. The first kappa shape index (κ1) is 17.2. The van der Waals surface area contributed by atoms with Gasteiger partial charge in [-0.25, -0.2) is 4.79 Å². The number of carbonyl (C=O) groups is 1.